The minimum atomic E-state index is 1.13. The lowest BCUT2D eigenvalue weighted by atomic mass is 10.3. The molecule has 0 aliphatic rings. The van der Waals surface area contributed by atoms with E-state index in [0.717, 1.165) is 6.42 Å². The summed E-state index contributed by atoms with van der Waals surface area (Å²) in [6, 6.07) is 0. The molecule has 0 unspecified atom stereocenters. The number of allylic oxidation sites excluding steroid dienone is 1. The topological polar surface area (TPSA) is 12.4 Å². The molecule has 0 N–H and O–H groups in total. The van der Waals surface area contributed by atoms with Crippen LogP contribution >= 0.6 is 11.8 Å². The van der Waals surface area contributed by atoms with Gasteiger partial charge in [-0.25, -0.2) is 0 Å². The van der Waals surface area contributed by atoms with Crippen LogP contribution in [0.25, 0.3) is 0 Å². The molecule has 9 heavy (non-hydrogen) atoms. The lowest BCUT2D eigenvalue weighted by molar-refractivity contribution is 1.11. The number of hydrogen-bond donors (Lipinski definition) is 0. The molecule has 0 fully saturated rings. The first-order chi connectivity index (χ1) is 4.31. The van der Waals surface area contributed by atoms with Gasteiger partial charge in [0.1, 0.15) is 0 Å². The summed E-state index contributed by atoms with van der Waals surface area (Å²) >= 11 is 1.63. The fourth-order valence-electron chi connectivity index (χ4n) is 0.291. The van der Waals surface area contributed by atoms with E-state index >= 15 is 0 Å². The van der Waals surface area contributed by atoms with Crippen molar-refractivity contribution in [3.05, 3.63) is 11.0 Å². The Hall–Kier alpha value is -0.240. The lowest BCUT2D eigenvalue weighted by Gasteiger charge is -1.89. The van der Waals surface area contributed by atoms with Crippen LogP contribution in [0, 0.1) is 0 Å². The van der Waals surface area contributed by atoms with E-state index in [1.807, 2.05) is 5.55 Å². The van der Waals surface area contributed by atoms with Crippen molar-refractivity contribution in [2.24, 2.45) is 4.99 Å². The van der Waals surface area contributed by atoms with Crippen molar-refractivity contribution in [2.75, 3.05) is 7.05 Å². The van der Waals surface area contributed by atoms with Crippen LogP contribution in [0.4, 0.5) is 0 Å². The van der Waals surface area contributed by atoms with Crippen molar-refractivity contribution >= 4 is 17.3 Å². The van der Waals surface area contributed by atoms with Crippen LogP contribution in [-0.2, 0) is 0 Å². The molecule has 0 aromatic carbocycles. The average Bonchev–Trinajstić information content (AvgIpc) is 1.89. The molecule has 0 atom stereocenters. The van der Waals surface area contributed by atoms with Crippen molar-refractivity contribution < 1.29 is 0 Å². The van der Waals surface area contributed by atoms with E-state index in [2.05, 4.69) is 24.2 Å². The molecule has 0 saturated heterocycles. The van der Waals surface area contributed by atoms with Gasteiger partial charge in [0.15, 0.2) is 0 Å². The summed E-state index contributed by atoms with van der Waals surface area (Å²) in [5, 5.41) is 2.12. The van der Waals surface area contributed by atoms with E-state index < -0.39 is 0 Å². The van der Waals surface area contributed by atoms with Crippen LogP contribution in [0.5, 0.6) is 0 Å². The highest BCUT2D eigenvalue weighted by Gasteiger charge is 1.79. The van der Waals surface area contributed by atoms with Gasteiger partial charge in [-0.1, -0.05) is 24.3 Å². The minimum absolute atomic E-state index is 1.13. The molecule has 0 saturated carbocycles. The summed E-state index contributed by atoms with van der Waals surface area (Å²) in [5.41, 5.74) is 3.24. The second-order valence-corrected chi connectivity index (χ2v) is 2.54. The van der Waals surface area contributed by atoms with Crippen molar-refractivity contribution in [1.82, 2.24) is 0 Å². The Bertz CT molecular complexity index is 116. The van der Waals surface area contributed by atoms with E-state index in [1.165, 1.54) is 5.57 Å². The first kappa shape index (κ1) is 8.76. The molecule has 0 aromatic rings. The van der Waals surface area contributed by atoms with Gasteiger partial charge in [0.2, 0.25) is 0 Å². The molecular weight excluding hydrogens is 130 g/mol. The monoisotopic (exact) mass is 143 g/mol. The van der Waals surface area contributed by atoms with E-state index in [9.17, 15) is 0 Å². The molecule has 0 bridgehead atoms. The van der Waals surface area contributed by atoms with Gasteiger partial charge in [0.05, 0.1) is 5.55 Å². The normalized spacial score (nSPS) is 13.0. The van der Waals surface area contributed by atoms with Crippen molar-refractivity contribution in [3.8, 4) is 0 Å². The highest BCUT2D eigenvalue weighted by Crippen LogP contribution is 2.05. The minimum Gasteiger partial charge on any atom is -0.289 e. The Kier molecular flexibility index (Phi) is 5.73. The van der Waals surface area contributed by atoms with Gasteiger partial charge in [0, 0.05) is 7.05 Å². The quantitative estimate of drug-likeness (QED) is 0.437. The van der Waals surface area contributed by atoms with Gasteiger partial charge >= 0.3 is 0 Å². The molecule has 0 heterocycles. The Morgan fingerprint density at radius 2 is 2.33 bits per heavy atom. The maximum Gasteiger partial charge on any atom is 0.0579 e. The van der Waals surface area contributed by atoms with Gasteiger partial charge in [0.25, 0.3) is 0 Å². The van der Waals surface area contributed by atoms with Crippen LogP contribution in [-0.4, -0.2) is 12.6 Å². The predicted molar refractivity (Wildman–Crippen MR) is 46.1 cm³/mol. The van der Waals surface area contributed by atoms with Crippen molar-refractivity contribution in [1.29, 1.82) is 0 Å². The van der Waals surface area contributed by atoms with Crippen LogP contribution < -0.4 is 0 Å². The number of thioether (sulfide) groups is 1. The second kappa shape index (κ2) is 5.89. The van der Waals surface area contributed by atoms with Crippen LogP contribution in [0.15, 0.2) is 16.0 Å². The van der Waals surface area contributed by atoms with Crippen LogP contribution in [0.3, 0.4) is 0 Å². The summed E-state index contributed by atoms with van der Waals surface area (Å²) in [6.07, 6.45) is 1.13. The second-order valence-electron chi connectivity index (χ2n) is 1.82. The van der Waals surface area contributed by atoms with E-state index in [4.69, 9.17) is 0 Å². The van der Waals surface area contributed by atoms with Gasteiger partial charge in [-0.15, -0.1) is 0 Å². The largest absolute Gasteiger partial charge is 0.289 e. The van der Waals surface area contributed by atoms with E-state index in [1.54, 1.807) is 18.8 Å². The number of nitrogens with zero attached hydrogens (tertiary/aromatic N) is 1. The summed E-state index contributed by atoms with van der Waals surface area (Å²) < 4.78 is 0. The van der Waals surface area contributed by atoms with E-state index in [0.29, 0.717) is 0 Å². The Labute approximate surface area is 61.3 Å². The zero-order valence-corrected chi connectivity index (χ0v) is 7.03. The highest BCUT2D eigenvalue weighted by molar-refractivity contribution is 8.14. The Morgan fingerprint density at radius 3 is 2.78 bits per heavy atom. The fraction of sp³-hybridized carbons (Fsp3) is 0.571. The molecule has 0 aromatic heterocycles. The van der Waals surface area contributed by atoms with E-state index in [-0.39, 0.29) is 0 Å². The summed E-state index contributed by atoms with van der Waals surface area (Å²) in [5.74, 6) is 0. The molecule has 0 aliphatic heterocycles. The summed E-state index contributed by atoms with van der Waals surface area (Å²) in [6.45, 7) is 4.27. The molecule has 0 aliphatic carbocycles. The Balaban J connectivity index is 3.43. The third kappa shape index (κ3) is 5.63. The van der Waals surface area contributed by atoms with Crippen molar-refractivity contribution in [3.63, 3.8) is 0 Å². The fourth-order valence-corrected chi connectivity index (χ4v) is 0.872. The first-order valence-corrected chi connectivity index (χ1v) is 3.97. The molecule has 0 spiro atoms. The van der Waals surface area contributed by atoms with Gasteiger partial charge in [-0.2, -0.15) is 0 Å². The molecule has 52 valence electrons. The molecule has 2 heteroatoms. The SMILES string of the molecule is CC/C(C)=C/SC=NC. The molecule has 0 rings (SSSR count). The van der Waals surface area contributed by atoms with Crippen LogP contribution in [0.2, 0.25) is 0 Å². The van der Waals surface area contributed by atoms with Crippen LogP contribution in [0.1, 0.15) is 20.3 Å². The summed E-state index contributed by atoms with van der Waals surface area (Å²) in [7, 11) is 1.78. The zero-order valence-electron chi connectivity index (χ0n) is 6.22. The third-order valence-electron chi connectivity index (χ3n) is 0.993. The molecular formula is C7H13NS. The zero-order chi connectivity index (χ0) is 7.11. The van der Waals surface area contributed by atoms with Gasteiger partial charge < -0.3 is 0 Å². The average molecular weight is 143 g/mol. The molecule has 0 radical (unpaired) electrons. The first-order valence-electron chi connectivity index (χ1n) is 3.03. The standard InChI is InChI=1S/C7H13NS/c1-4-7(2)5-9-6-8-3/h5-6H,4H2,1-3H3/b7-5+,8-6?. The number of aliphatic imine (C=N–C) groups is 1. The third-order valence-corrected chi connectivity index (χ3v) is 1.86. The lowest BCUT2D eigenvalue weighted by Crippen LogP contribution is -1.67. The number of rotatable bonds is 3. The smallest absolute Gasteiger partial charge is 0.0579 e. The molecule has 1 nitrogen and oxygen atoms in total. The maximum atomic E-state index is 3.84. The Morgan fingerprint density at radius 1 is 1.67 bits per heavy atom. The predicted octanol–water partition coefficient (Wildman–Crippen LogP) is 2.69. The maximum absolute atomic E-state index is 3.84. The summed E-state index contributed by atoms with van der Waals surface area (Å²) in [4.78, 5) is 3.84. The molecule has 0 amide bonds. The van der Waals surface area contributed by atoms with Gasteiger partial charge in [-0.3, -0.25) is 4.99 Å². The van der Waals surface area contributed by atoms with Gasteiger partial charge in [-0.05, 0) is 18.8 Å². The number of hydrogen-bond acceptors (Lipinski definition) is 2. The van der Waals surface area contributed by atoms with Crippen molar-refractivity contribution in [2.45, 2.75) is 20.3 Å². The highest BCUT2D eigenvalue weighted by atomic mass is 32.2.